The van der Waals surface area contributed by atoms with Crippen molar-refractivity contribution in [1.29, 1.82) is 0 Å². The zero-order valence-electron chi connectivity index (χ0n) is 13.0. The minimum atomic E-state index is 0.0237. The second kappa shape index (κ2) is 6.59. The van der Waals surface area contributed by atoms with Crippen LogP contribution in [0.3, 0.4) is 0 Å². The number of carbonyl (C=O) groups excluding carboxylic acids is 1. The van der Waals surface area contributed by atoms with Crippen molar-refractivity contribution in [3.8, 4) is 0 Å². The first kappa shape index (κ1) is 15.1. The predicted molar refractivity (Wildman–Crippen MR) is 95.7 cm³/mol. The van der Waals surface area contributed by atoms with Crippen LogP contribution >= 0.6 is 22.7 Å². The summed E-state index contributed by atoms with van der Waals surface area (Å²) in [6, 6.07) is 1.95. The van der Waals surface area contributed by atoms with E-state index in [-0.39, 0.29) is 5.91 Å². The molecule has 4 heterocycles. The Bertz CT molecular complexity index is 812. The molecule has 1 N–H and O–H groups in total. The van der Waals surface area contributed by atoms with E-state index in [1.165, 1.54) is 43.7 Å². The number of carbonyl (C=O) groups is 1. The monoisotopic (exact) mass is 348 g/mol. The minimum Gasteiger partial charge on any atom is -0.351 e. The van der Waals surface area contributed by atoms with Crippen molar-refractivity contribution < 1.29 is 4.79 Å². The summed E-state index contributed by atoms with van der Waals surface area (Å²) < 4.78 is 2.05. The number of imidazole rings is 1. The van der Waals surface area contributed by atoms with Gasteiger partial charge in [0.15, 0.2) is 4.96 Å². The average molecular weight is 348 g/mol. The molecule has 0 saturated carbocycles. The maximum atomic E-state index is 12.3. The van der Waals surface area contributed by atoms with Crippen LogP contribution < -0.4 is 5.32 Å². The summed E-state index contributed by atoms with van der Waals surface area (Å²) in [4.78, 5) is 22.0. The van der Waals surface area contributed by atoms with Crippen LogP contribution in [-0.4, -0.2) is 46.4 Å². The lowest BCUT2D eigenvalue weighted by atomic mass is 10.1. The van der Waals surface area contributed by atoms with Crippen LogP contribution in [-0.2, 0) is 0 Å². The molecule has 5 nitrogen and oxygen atoms in total. The number of thiophene rings is 1. The van der Waals surface area contributed by atoms with Gasteiger partial charge in [0.25, 0.3) is 5.91 Å². The van der Waals surface area contributed by atoms with Crippen molar-refractivity contribution in [1.82, 2.24) is 19.6 Å². The van der Waals surface area contributed by atoms with Crippen molar-refractivity contribution in [2.75, 3.05) is 26.2 Å². The van der Waals surface area contributed by atoms with E-state index in [2.05, 4.69) is 15.2 Å². The largest absolute Gasteiger partial charge is 0.351 e. The third kappa shape index (κ3) is 3.13. The molecule has 0 atom stereocenters. The molecule has 0 aliphatic carbocycles. The molecule has 1 aliphatic heterocycles. The molecular weight excluding hydrogens is 328 g/mol. The van der Waals surface area contributed by atoms with Crippen molar-refractivity contribution in [3.05, 3.63) is 22.5 Å². The highest BCUT2D eigenvalue weighted by Crippen LogP contribution is 2.28. The Balaban J connectivity index is 1.32. The van der Waals surface area contributed by atoms with Crippen LogP contribution in [0.5, 0.6) is 0 Å². The number of hydrogen-bond acceptors (Lipinski definition) is 5. The number of rotatable bonds is 5. The van der Waals surface area contributed by atoms with Crippen LogP contribution in [0.15, 0.2) is 17.6 Å². The summed E-state index contributed by atoms with van der Waals surface area (Å²) in [6.07, 6.45) is 7.02. The van der Waals surface area contributed by atoms with Gasteiger partial charge in [-0.25, -0.2) is 4.98 Å². The fourth-order valence-electron chi connectivity index (χ4n) is 3.13. The Kier molecular flexibility index (Phi) is 4.33. The van der Waals surface area contributed by atoms with Gasteiger partial charge in [0.05, 0.1) is 10.4 Å². The lowest BCUT2D eigenvalue weighted by Crippen LogP contribution is -2.33. The molecule has 0 bridgehead atoms. The number of amides is 1. The first-order chi connectivity index (χ1) is 11.3. The van der Waals surface area contributed by atoms with E-state index in [0.717, 1.165) is 39.7 Å². The molecule has 122 valence electrons. The molecule has 0 spiro atoms. The van der Waals surface area contributed by atoms with E-state index in [0.29, 0.717) is 0 Å². The predicted octanol–water partition coefficient (Wildman–Crippen LogP) is 3.22. The Hall–Kier alpha value is -1.44. The van der Waals surface area contributed by atoms with Gasteiger partial charge in [0.2, 0.25) is 0 Å². The first-order valence-corrected chi connectivity index (χ1v) is 9.86. The summed E-state index contributed by atoms with van der Waals surface area (Å²) in [5, 5.41) is 5.06. The standard InChI is InChI=1S/C16H20N4OS2/c21-14(17-5-4-8-19-6-2-1-3-7-19)13-11-12-15(23-13)18-16-20(12)9-10-22-16/h9-11H,1-8H2,(H,17,21). The summed E-state index contributed by atoms with van der Waals surface area (Å²) in [6.45, 7) is 4.26. The molecule has 1 fully saturated rings. The normalized spacial score (nSPS) is 16.3. The molecule has 1 amide bonds. The van der Waals surface area contributed by atoms with Crippen LogP contribution in [0.25, 0.3) is 15.3 Å². The number of hydrogen-bond donors (Lipinski definition) is 1. The van der Waals surface area contributed by atoms with Crippen LogP contribution in [0, 0.1) is 0 Å². The smallest absolute Gasteiger partial charge is 0.261 e. The molecule has 0 aromatic carbocycles. The van der Waals surface area contributed by atoms with Gasteiger partial charge in [0, 0.05) is 18.1 Å². The molecule has 7 heteroatoms. The fourth-order valence-corrected chi connectivity index (χ4v) is 4.85. The maximum absolute atomic E-state index is 12.3. The van der Waals surface area contributed by atoms with Gasteiger partial charge in [-0.15, -0.1) is 22.7 Å². The summed E-state index contributed by atoms with van der Waals surface area (Å²) in [7, 11) is 0. The molecule has 1 aliphatic rings. The van der Waals surface area contributed by atoms with Crippen molar-refractivity contribution in [2.45, 2.75) is 25.7 Å². The molecule has 1 saturated heterocycles. The molecule has 3 aromatic rings. The van der Waals surface area contributed by atoms with Crippen molar-refractivity contribution in [3.63, 3.8) is 0 Å². The summed E-state index contributed by atoms with van der Waals surface area (Å²) in [5.41, 5.74) is 1.03. The third-order valence-electron chi connectivity index (χ3n) is 4.35. The number of piperidine rings is 1. The number of thiazole rings is 1. The highest BCUT2D eigenvalue weighted by Gasteiger charge is 2.15. The third-order valence-corrected chi connectivity index (χ3v) is 6.12. The Morgan fingerprint density at radius 3 is 3.04 bits per heavy atom. The van der Waals surface area contributed by atoms with Crippen molar-refractivity contribution in [2.24, 2.45) is 0 Å². The zero-order chi connectivity index (χ0) is 15.6. The number of nitrogens with one attached hydrogen (secondary N) is 1. The van der Waals surface area contributed by atoms with E-state index in [9.17, 15) is 4.79 Å². The number of fused-ring (bicyclic) bond motifs is 3. The number of nitrogens with zero attached hydrogens (tertiary/aromatic N) is 3. The van der Waals surface area contributed by atoms with Gasteiger partial charge in [0.1, 0.15) is 4.83 Å². The second-order valence-corrected chi connectivity index (χ2v) is 7.88. The van der Waals surface area contributed by atoms with Crippen LogP contribution in [0.4, 0.5) is 0 Å². The average Bonchev–Trinajstić information content (AvgIpc) is 3.24. The lowest BCUT2D eigenvalue weighted by Gasteiger charge is -2.26. The Labute approximate surface area is 142 Å². The summed E-state index contributed by atoms with van der Waals surface area (Å²) >= 11 is 3.09. The highest BCUT2D eigenvalue weighted by atomic mass is 32.1. The fraction of sp³-hybridized carbons (Fsp3) is 0.500. The van der Waals surface area contributed by atoms with Gasteiger partial charge >= 0.3 is 0 Å². The van der Waals surface area contributed by atoms with Crippen LogP contribution in [0.2, 0.25) is 0 Å². The maximum Gasteiger partial charge on any atom is 0.261 e. The summed E-state index contributed by atoms with van der Waals surface area (Å²) in [5.74, 6) is 0.0237. The quantitative estimate of drug-likeness (QED) is 0.720. The molecule has 23 heavy (non-hydrogen) atoms. The highest BCUT2D eigenvalue weighted by molar-refractivity contribution is 7.21. The Morgan fingerprint density at radius 1 is 1.30 bits per heavy atom. The van der Waals surface area contributed by atoms with E-state index in [1.54, 1.807) is 11.3 Å². The van der Waals surface area contributed by atoms with Crippen LogP contribution in [0.1, 0.15) is 35.4 Å². The Morgan fingerprint density at radius 2 is 2.17 bits per heavy atom. The first-order valence-electron chi connectivity index (χ1n) is 8.17. The zero-order valence-corrected chi connectivity index (χ0v) is 14.6. The van der Waals surface area contributed by atoms with Gasteiger partial charge < -0.3 is 10.2 Å². The van der Waals surface area contributed by atoms with Gasteiger partial charge in [-0.1, -0.05) is 6.42 Å². The van der Waals surface area contributed by atoms with Gasteiger partial charge in [-0.3, -0.25) is 9.20 Å². The van der Waals surface area contributed by atoms with E-state index >= 15 is 0 Å². The van der Waals surface area contributed by atoms with Gasteiger partial charge in [-0.2, -0.15) is 0 Å². The van der Waals surface area contributed by atoms with E-state index < -0.39 is 0 Å². The molecular formula is C16H20N4OS2. The van der Waals surface area contributed by atoms with E-state index in [4.69, 9.17) is 0 Å². The second-order valence-electron chi connectivity index (χ2n) is 5.98. The molecule has 4 rings (SSSR count). The van der Waals surface area contributed by atoms with Gasteiger partial charge in [-0.05, 0) is 45.0 Å². The molecule has 0 unspecified atom stereocenters. The minimum absolute atomic E-state index is 0.0237. The molecule has 3 aromatic heterocycles. The molecule has 0 radical (unpaired) electrons. The van der Waals surface area contributed by atoms with Crippen molar-refractivity contribution >= 4 is 43.9 Å². The lowest BCUT2D eigenvalue weighted by molar-refractivity contribution is 0.0955. The SMILES string of the molecule is O=C(NCCCN1CCCCC1)c1cc2c(nc3sccn32)s1. The number of likely N-dealkylation sites (tertiary alicyclic amines) is 1. The van der Waals surface area contributed by atoms with E-state index in [1.807, 2.05) is 22.0 Å². The topological polar surface area (TPSA) is 49.6 Å². The number of aromatic nitrogens is 2.